The molecule has 1 aliphatic carbocycles. The molecule has 3 fully saturated rings. The molecule has 4 rings (SSSR count). The van der Waals surface area contributed by atoms with Gasteiger partial charge in [-0.3, -0.25) is 4.79 Å². The van der Waals surface area contributed by atoms with E-state index in [9.17, 15) is 19.5 Å². The van der Waals surface area contributed by atoms with Crippen LogP contribution < -0.4 is 4.74 Å². The summed E-state index contributed by atoms with van der Waals surface area (Å²) in [6.45, 7) is 11.7. The Balaban J connectivity index is 1.53. The number of carbonyl (C=O) groups excluding carboxylic acids is 2. The SMILES string of the molecule is CC(C)C1CN(C(=O)O)CCN1C(=O)c1ccc(OC2CCN(C(=O)OC(C)(C)C)C2)c(C2CCCCC2)c1. The second-order valence-corrected chi connectivity index (χ2v) is 12.6. The van der Waals surface area contributed by atoms with Crippen LogP contribution in [-0.2, 0) is 4.74 Å². The minimum absolute atomic E-state index is 0.0562. The minimum atomic E-state index is -0.939. The zero-order valence-electron chi connectivity index (χ0n) is 24.1. The molecule has 0 spiro atoms. The summed E-state index contributed by atoms with van der Waals surface area (Å²) in [5, 5.41) is 9.48. The molecule has 0 bridgehead atoms. The van der Waals surface area contributed by atoms with Gasteiger partial charge in [0.2, 0.25) is 0 Å². The Morgan fingerprint density at radius 3 is 2.31 bits per heavy atom. The van der Waals surface area contributed by atoms with Crippen molar-refractivity contribution in [2.24, 2.45) is 5.92 Å². The predicted molar refractivity (Wildman–Crippen MR) is 148 cm³/mol. The van der Waals surface area contributed by atoms with Gasteiger partial charge in [-0.25, -0.2) is 9.59 Å². The molecule has 9 nitrogen and oxygen atoms in total. The zero-order chi connectivity index (χ0) is 28.3. The molecular formula is C30H45N3O6. The highest BCUT2D eigenvalue weighted by Gasteiger charge is 2.36. The van der Waals surface area contributed by atoms with E-state index in [0.29, 0.717) is 44.2 Å². The standard InChI is InChI=1S/C30H45N3O6/c1-20(2)25-19-31(28(35)36)15-16-33(25)27(34)22-11-12-26(24(17-22)21-9-7-6-8-10-21)38-23-13-14-32(18-23)29(37)39-30(3,4)5/h11-12,17,20-21,23,25H,6-10,13-16,18-19H2,1-5H3,(H,35,36). The van der Waals surface area contributed by atoms with Crippen LogP contribution in [0.1, 0.15) is 95.0 Å². The Hall–Kier alpha value is -2.97. The van der Waals surface area contributed by atoms with Crippen LogP contribution in [0.3, 0.4) is 0 Å². The van der Waals surface area contributed by atoms with Crippen molar-refractivity contribution >= 4 is 18.1 Å². The van der Waals surface area contributed by atoms with Gasteiger partial charge in [-0.05, 0) is 69.2 Å². The van der Waals surface area contributed by atoms with Crippen LogP contribution in [0.25, 0.3) is 0 Å². The largest absolute Gasteiger partial charge is 0.488 e. The molecule has 9 heteroatoms. The summed E-state index contributed by atoms with van der Waals surface area (Å²) >= 11 is 0. The summed E-state index contributed by atoms with van der Waals surface area (Å²) in [6, 6.07) is 5.60. The molecule has 39 heavy (non-hydrogen) atoms. The van der Waals surface area contributed by atoms with E-state index >= 15 is 0 Å². The number of hydrogen-bond donors (Lipinski definition) is 1. The highest BCUT2D eigenvalue weighted by atomic mass is 16.6. The average Bonchev–Trinajstić information content (AvgIpc) is 3.36. The molecule has 216 valence electrons. The molecule has 2 aliphatic heterocycles. The molecule has 3 amide bonds. The van der Waals surface area contributed by atoms with Crippen molar-refractivity contribution in [2.45, 2.75) is 96.8 Å². The van der Waals surface area contributed by atoms with Crippen molar-refractivity contribution < 1.29 is 29.0 Å². The van der Waals surface area contributed by atoms with E-state index in [1.807, 2.05) is 57.7 Å². The first-order valence-corrected chi connectivity index (χ1v) is 14.5. The summed E-state index contributed by atoms with van der Waals surface area (Å²) in [5.74, 6) is 1.20. The number of benzene rings is 1. The smallest absolute Gasteiger partial charge is 0.410 e. The van der Waals surface area contributed by atoms with Crippen molar-refractivity contribution in [3.05, 3.63) is 29.3 Å². The maximum atomic E-state index is 13.8. The number of carbonyl (C=O) groups is 3. The fourth-order valence-corrected chi connectivity index (χ4v) is 5.99. The zero-order valence-corrected chi connectivity index (χ0v) is 24.1. The molecule has 2 heterocycles. The third-order valence-corrected chi connectivity index (χ3v) is 8.11. The van der Waals surface area contributed by atoms with Gasteiger partial charge in [-0.15, -0.1) is 0 Å². The van der Waals surface area contributed by atoms with Gasteiger partial charge < -0.3 is 29.3 Å². The van der Waals surface area contributed by atoms with Crippen LogP contribution in [0.5, 0.6) is 5.75 Å². The summed E-state index contributed by atoms with van der Waals surface area (Å²) in [4.78, 5) is 42.8. The van der Waals surface area contributed by atoms with Crippen molar-refractivity contribution in [1.82, 2.24) is 14.7 Å². The number of likely N-dealkylation sites (tertiary alicyclic amines) is 1. The topological polar surface area (TPSA) is 99.6 Å². The molecule has 0 radical (unpaired) electrons. The molecule has 2 unspecified atom stereocenters. The lowest BCUT2D eigenvalue weighted by molar-refractivity contribution is 0.0275. The highest BCUT2D eigenvalue weighted by molar-refractivity contribution is 5.95. The highest BCUT2D eigenvalue weighted by Crippen LogP contribution is 2.39. The lowest BCUT2D eigenvalue weighted by Gasteiger charge is -2.42. The molecule has 1 aromatic rings. The first-order valence-electron chi connectivity index (χ1n) is 14.5. The molecule has 1 saturated carbocycles. The van der Waals surface area contributed by atoms with Gasteiger partial charge in [0.25, 0.3) is 5.91 Å². The first kappa shape index (κ1) is 29.0. The van der Waals surface area contributed by atoms with Gasteiger partial charge >= 0.3 is 12.2 Å². The fourth-order valence-electron chi connectivity index (χ4n) is 5.99. The van der Waals surface area contributed by atoms with E-state index in [0.717, 1.165) is 43.4 Å². The number of rotatable bonds is 5. The molecule has 2 atom stereocenters. The quantitative estimate of drug-likeness (QED) is 0.520. The van der Waals surface area contributed by atoms with E-state index < -0.39 is 11.7 Å². The molecule has 0 aromatic heterocycles. The Labute approximate surface area is 232 Å². The lowest BCUT2D eigenvalue weighted by atomic mass is 9.83. The van der Waals surface area contributed by atoms with Gasteiger partial charge in [0, 0.05) is 38.2 Å². The molecule has 2 saturated heterocycles. The minimum Gasteiger partial charge on any atom is -0.488 e. The van der Waals surface area contributed by atoms with E-state index in [-0.39, 0.29) is 30.1 Å². The van der Waals surface area contributed by atoms with E-state index in [4.69, 9.17) is 9.47 Å². The number of carboxylic acid groups (broad SMARTS) is 1. The van der Waals surface area contributed by atoms with Crippen LogP contribution >= 0.6 is 0 Å². The fraction of sp³-hybridized carbons (Fsp3) is 0.700. The van der Waals surface area contributed by atoms with E-state index in [2.05, 4.69) is 0 Å². The second kappa shape index (κ2) is 12.0. The lowest BCUT2D eigenvalue weighted by Crippen LogP contribution is -2.58. The number of piperazine rings is 1. The van der Waals surface area contributed by atoms with Crippen LogP contribution in [0.2, 0.25) is 0 Å². The third-order valence-electron chi connectivity index (χ3n) is 8.11. The summed E-state index contributed by atoms with van der Waals surface area (Å²) < 4.78 is 12.0. The van der Waals surface area contributed by atoms with Crippen LogP contribution in [0.4, 0.5) is 9.59 Å². The van der Waals surface area contributed by atoms with Gasteiger partial charge in [0.15, 0.2) is 0 Å². The Morgan fingerprint density at radius 2 is 1.67 bits per heavy atom. The Bertz CT molecular complexity index is 1050. The van der Waals surface area contributed by atoms with Crippen molar-refractivity contribution in [3.63, 3.8) is 0 Å². The van der Waals surface area contributed by atoms with Crippen LogP contribution in [-0.4, -0.2) is 88.4 Å². The third kappa shape index (κ3) is 7.17. The van der Waals surface area contributed by atoms with E-state index in [1.165, 1.54) is 11.3 Å². The number of ether oxygens (including phenoxy) is 2. The second-order valence-electron chi connectivity index (χ2n) is 12.6. The van der Waals surface area contributed by atoms with Gasteiger partial charge in [0.1, 0.15) is 17.5 Å². The van der Waals surface area contributed by atoms with Gasteiger partial charge in [-0.1, -0.05) is 33.1 Å². The summed E-state index contributed by atoms with van der Waals surface area (Å²) in [7, 11) is 0. The van der Waals surface area contributed by atoms with Crippen molar-refractivity contribution in [3.8, 4) is 5.75 Å². The maximum Gasteiger partial charge on any atom is 0.410 e. The molecule has 3 aliphatic rings. The van der Waals surface area contributed by atoms with E-state index in [1.54, 1.807) is 4.90 Å². The molecule has 1 aromatic carbocycles. The summed E-state index contributed by atoms with van der Waals surface area (Å²) in [5.41, 5.74) is 1.15. The monoisotopic (exact) mass is 543 g/mol. The molecular weight excluding hydrogens is 498 g/mol. The first-order chi connectivity index (χ1) is 18.4. The van der Waals surface area contributed by atoms with Gasteiger partial charge in [0.05, 0.1) is 12.6 Å². The molecule has 1 N–H and O–H groups in total. The Morgan fingerprint density at radius 1 is 0.949 bits per heavy atom. The van der Waals surface area contributed by atoms with Crippen molar-refractivity contribution in [2.75, 3.05) is 32.7 Å². The number of hydrogen-bond acceptors (Lipinski definition) is 5. The van der Waals surface area contributed by atoms with Crippen LogP contribution in [0, 0.1) is 5.92 Å². The Kier molecular flexibility index (Phi) is 8.96. The van der Waals surface area contributed by atoms with Crippen LogP contribution in [0.15, 0.2) is 18.2 Å². The predicted octanol–water partition coefficient (Wildman–Crippen LogP) is 5.58. The number of amides is 3. The van der Waals surface area contributed by atoms with Crippen molar-refractivity contribution in [1.29, 1.82) is 0 Å². The maximum absolute atomic E-state index is 13.8. The van der Waals surface area contributed by atoms with Gasteiger partial charge in [-0.2, -0.15) is 0 Å². The normalized spacial score (nSPS) is 22.8. The average molecular weight is 544 g/mol. The number of nitrogens with zero attached hydrogens (tertiary/aromatic N) is 3. The summed E-state index contributed by atoms with van der Waals surface area (Å²) in [6.07, 6.45) is 5.02.